The highest BCUT2D eigenvalue weighted by molar-refractivity contribution is 4.79. The molecule has 0 aromatic rings. The molecule has 2 nitrogen and oxygen atoms in total. The van der Waals surface area contributed by atoms with Crippen LogP contribution in [0.25, 0.3) is 0 Å². The van der Waals surface area contributed by atoms with Gasteiger partial charge in [-0.2, -0.15) is 0 Å². The molecule has 0 aliphatic carbocycles. The topological polar surface area (TPSA) is 29.3 Å². The molecule has 0 bridgehead atoms. The van der Waals surface area contributed by atoms with Gasteiger partial charge in [0.25, 0.3) is 0 Å². The molecule has 0 aromatic heterocycles. The lowest BCUT2D eigenvalue weighted by Gasteiger charge is -2.37. The Hall–Kier alpha value is -0.0800. The van der Waals surface area contributed by atoms with Gasteiger partial charge < -0.3 is 5.73 Å². The Labute approximate surface area is 102 Å². The summed E-state index contributed by atoms with van der Waals surface area (Å²) in [5.41, 5.74) is 5.93. The molecule has 1 aliphatic heterocycles. The van der Waals surface area contributed by atoms with Crippen molar-refractivity contribution in [2.24, 2.45) is 11.7 Å². The first kappa shape index (κ1) is 14.0. The third kappa shape index (κ3) is 4.42. The molecule has 2 atom stereocenters. The summed E-state index contributed by atoms with van der Waals surface area (Å²) in [6, 6.07) is 0.654. The zero-order valence-corrected chi connectivity index (χ0v) is 11.3. The number of unbranched alkanes of at least 4 members (excludes halogenated alkanes) is 2. The standard InChI is InChI=1S/C14H30N2/c1-3-5-6-9-14(11-15)16-10-7-8-13(4-2)12-16/h13-14H,3-12,15H2,1-2H3. The van der Waals surface area contributed by atoms with Crippen LogP contribution in [0.2, 0.25) is 0 Å². The van der Waals surface area contributed by atoms with E-state index < -0.39 is 0 Å². The van der Waals surface area contributed by atoms with Gasteiger partial charge in [-0.05, 0) is 31.7 Å². The molecule has 2 N–H and O–H groups in total. The number of rotatable bonds is 7. The summed E-state index contributed by atoms with van der Waals surface area (Å²) in [4.78, 5) is 2.66. The molecule has 0 radical (unpaired) electrons. The number of hydrogen-bond acceptors (Lipinski definition) is 2. The Bertz CT molecular complexity index is 170. The van der Waals surface area contributed by atoms with E-state index in [1.54, 1.807) is 0 Å². The highest BCUT2D eigenvalue weighted by atomic mass is 15.2. The first-order valence-corrected chi connectivity index (χ1v) is 7.25. The number of piperidine rings is 1. The van der Waals surface area contributed by atoms with Crippen LogP contribution in [0.5, 0.6) is 0 Å². The molecule has 2 heteroatoms. The van der Waals surface area contributed by atoms with Crippen LogP contribution >= 0.6 is 0 Å². The molecule has 0 saturated carbocycles. The Balaban J connectivity index is 2.32. The highest BCUT2D eigenvalue weighted by Gasteiger charge is 2.23. The summed E-state index contributed by atoms with van der Waals surface area (Å²) >= 11 is 0. The van der Waals surface area contributed by atoms with Crippen molar-refractivity contribution < 1.29 is 0 Å². The smallest absolute Gasteiger partial charge is 0.0218 e. The normalized spacial score (nSPS) is 24.6. The fourth-order valence-corrected chi connectivity index (χ4v) is 2.84. The van der Waals surface area contributed by atoms with Crippen molar-refractivity contribution in [3.8, 4) is 0 Å². The van der Waals surface area contributed by atoms with E-state index in [0.717, 1.165) is 12.5 Å². The monoisotopic (exact) mass is 226 g/mol. The van der Waals surface area contributed by atoms with E-state index in [9.17, 15) is 0 Å². The van der Waals surface area contributed by atoms with Crippen molar-refractivity contribution in [2.45, 2.75) is 64.8 Å². The quantitative estimate of drug-likeness (QED) is 0.676. The van der Waals surface area contributed by atoms with Crippen LogP contribution in [0, 0.1) is 5.92 Å². The first-order valence-electron chi connectivity index (χ1n) is 7.25. The minimum Gasteiger partial charge on any atom is -0.329 e. The molecule has 1 saturated heterocycles. The van der Waals surface area contributed by atoms with Gasteiger partial charge in [0.1, 0.15) is 0 Å². The van der Waals surface area contributed by atoms with Crippen LogP contribution in [0.1, 0.15) is 58.8 Å². The van der Waals surface area contributed by atoms with E-state index in [2.05, 4.69) is 18.7 Å². The number of nitrogens with two attached hydrogens (primary N) is 1. The molecule has 1 fully saturated rings. The summed E-state index contributed by atoms with van der Waals surface area (Å²) in [5, 5.41) is 0. The van der Waals surface area contributed by atoms with Gasteiger partial charge in [-0.25, -0.2) is 0 Å². The lowest BCUT2D eigenvalue weighted by molar-refractivity contribution is 0.117. The maximum Gasteiger partial charge on any atom is 0.0218 e. The molecule has 1 rings (SSSR count). The molecule has 0 aromatic carbocycles. The summed E-state index contributed by atoms with van der Waals surface area (Å²) in [5.74, 6) is 0.925. The third-order valence-electron chi connectivity index (χ3n) is 4.06. The molecular formula is C14H30N2. The lowest BCUT2D eigenvalue weighted by Crippen LogP contribution is -2.46. The van der Waals surface area contributed by atoms with E-state index in [1.165, 1.54) is 58.0 Å². The lowest BCUT2D eigenvalue weighted by atomic mass is 9.93. The molecule has 96 valence electrons. The highest BCUT2D eigenvalue weighted by Crippen LogP contribution is 2.22. The van der Waals surface area contributed by atoms with Gasteiger partial charge in [0, 0.05) is 19.1 Å². The van der Waals surface area contributed by atoms with Gasteiger partial charge in [-0.3, -0.25) is 4.90 Å². The molecule has 2 unspecified atom stereocenters. The van der Waals surface area contributed by atoms with Crippen LogP contribution < -0.4 is 5.73 Å². The summed E-state index contributed by atoms with van der Waals surface area (Å²) < 4.78 is 0. The van der Waals surface area contributed by atoms with Gasteiger partial charge in [-0.1, -0.05) is 39.5 Å². The predicted octanol–water partition coefficient (Wildman–Crippen LogP) is 3.02. The number of likely N-dealkylation sites (tertiary alicyclic amines) is 1. The second kappa shape index (κ2) is 8.08. The summed E-state index contributed by atoms with van der Waals surface area (Å²) in [6.45, 7) is 8.02. The van der Waals surface area contributed by atoms with Crippen molar-refractivity contribution in [3.63, 3.8) is 0 Å². The van der Waals surface area contributed by atoms with Crippen LogP contribution in [0.3, 0.4) is 0 Å². The fraction of sp³-hybridized carbons (Fsp3) is 1.00. The van der Waals surface area contributed by atoms with Crippen molar-refractivity contribution in [3.05, 3.63) is 0 Å². The van der Waals surface area contributed by atoms with Crippen molar-refractivity contribution in [1.29, 1.82) is 0 Å². The van der Waals surface area contributed by atoms with Gasteiger partial charge in [-0.15, -0.1) is 0 Å². The molecular weight excluding hydrogens is 196 g/mol. The SMILES string of the molecule is CCCCCC(CN)N1CCCC(CC)C1. The van der Waals surface area contributed by atoms with Gasteiger partial charge in [0.05, 0.1) is 0 Å². The van der Waals surface area contributed by atoms with E-state index in [-0.39, 0.29) is 0 Å². The van der Waals surface area contributed by atoms with Crippen molar-refractivity contribution in [1.82, 2.24) is 4.90 Å². The Morgan fingerprint density at radius 3 is 2.75 bits per heavy atom. The predicted molar refractivity (Wildman–Crippen MR) is 71.6 cm³/mol. The maximum atomic E-state index is 5.93. The second-order valence-electron chi connectivity index (χ2n) is 5.30. The Morgan fingerprint density at radius 1 is 1.31 bits per heavy atom. The maximum absolute atomic E-state index is 5.93. The van der Waals surface area contributed by atoms with E-state index in [0.29, 0.717) is 6.04 Å². The summed E-state index contributed by atoms with van der Waals surface area (Å²) in [7, 11) is 0. The van der Waals surface area contributed by atoms with E-state index in [4.69, 9.17) is 5.73 Å². The molecule has 1 heterocycles. The number of hydrogen-bond donors (Lipinski definition) is 1. The second-order valence-corrected chi connectivity index (χ2v) is 5.30. The largest absolute Gasteiger partial charge is 0.329 e. The van der Waals surface area contributed by atoms with E-state index in [1.807, 2.05) is 0 Å². The molecule has 16 heavy (non-hydrogen) atoms. The van der Waals surface area contributed by atoms with Crippen LogP contribution in [0.4, 0.5) is 0 Å². The average Bonchev–Trinajstić information content (AvgIpc) is 2.35. The average molecular weight is 226 g/mol. The summed E-state index contributed by atoms with van der Waals surface area (Å²) in [6.07, 6.45) is 9.48. The molecule has 0 spiro atoms. The minimum atomic E-state index is 0.654. The van der Waals surface area contributed by atoms with E-state index >= 15 is 0 Å². The minimum absolute atomic E-state index is 0.654. The zero-order valence-electron chi connectivity index (χ0n) is 11.3. The molecule has 0 amide bonds. The third-order valence-corrected chi connectivity index (χ3v) is 4.06. The first-order chi connectivity index (χ1) is 7.81. The van der Waals surface area contributed by atoms with Crippen LogP contribution in [0.15, 0.2) is 0 Å². The fourth-order valence-electron chi connectivity index (χ4n) is 2.84. The van der Waals surface area contributed by atoms with Crippen molar-refractivity contribution >= 4 is 0 Å². The van der Waals surface area contributed by atoms with Gasteiger partial charge in [0.2, 0.25) is 0 Å². The van der Waals surface area contributed by atoms with Crippen molar-refractivity contribution in [2.75, 3.05) is 19.6 Å². The van der Waals surface area contributed by atoms with Crippen LogP contribution in [-0.4, -0.2) is 30.6 Å². The Kier molecular flexibility index (Phi) is 7.06. The molecule has 1 aliphatic rings. The number of nitrogens with zero attached hydrogens (tertiary/aromatic N) is 1. The zero-order chi connectivity index (χ0) is 11.8. The van der Waals surface area contributed by atoms with Crippen LogP contribution in [-0.2, 0) is 0 Å². The van der Waals surface area contributed by atoms with Gasteiger partial charge >= 0.3 is 0 Å². The Morgan fingerprint density at radius 2 is 2.12 bits per heavy atom. The van der Waals surface area contributed by atoms with Gasteiger partial charge in [0.15, 0.2) is 0 Å².